The van der Waals surface area contributed by atoms with E-state index in [0.29, 0.717) is 28.8 Å². The van der Waals surface area contributed by atoms with E-state index in [9.17, 15) is 4.79 Å². The van der Waals surface area contributed by atoms with Crippen LogP contribution in [0, 0.1) is 0 Å². The summed E-state index contributed by atoms with van der Waals surface area (Å²) >= 11 is 15.8. The highest BCUT2D eigenvalue weighted by atomic mass is 79.9. The van der Waals surface area contributed by atoms with Gasteiger partial charge in [0.05, 0.1) is 12.3 Å². The summed E-state index contributed by atoms with van der Waals surface area (Å²) in [6, 6.07) is 14.7. The second-order valence-electron chi connectivity index (χ2n) is 6.43. The number of hydrogen-bond donors (Lipinski definition) is 1. The Morgan fingerprint density at radius 1 is 1.21 bits per heavy atom. The van der Waals surface area contributed by atoms with Crippen LogP contribution in [0.5, 0.6) is 0 Å². The fourth-order valence-corrected chi connectivity index (χ4v) is 3.84. The number of anilines is 1. The van der Waals surface area contributed by atoms with Crippen molar-refractivity contribution in [2.45, 2.75) is 19.1 Å². The number of aromatic nitrogens is 2. The molecule has 148 valence electrons. The van der Waals surface area contributed by atoms with Gasteiger partial charge in [-0.1, -0.05) is 62.5 Å². The molecule has 2 aromatic carbocycles. The van der Waals surface area contributed by atoms with Crippen LogP contribution in [-0.4, -0.2) is 27.5 Å². The average Bonchev–Trinajstić information content (AvgIpc) is 3.35. The van der Waals surface area contributed by atoms with Crippen LogP contribution in [0.15, 0.2) is 64.4 Å². The molecular weight excluding hydrogens is 479 g/mol. The lowest BCUT2D eigenvalue weighted by Crippen LogP contribution is -2.28. The minimum absolute atomic E-state index is 0.306. The molecule has 0 saturated heterocycles. The lowest BCUT2D eigenvalue weighted by Gasteiger charge is -2.08. The molecule has 1 aliphatic heterocycles. The zero-order chi connectivity index (χ0) is 20.4. The van der Waals surface area contributed by atoms with Gasteiger partial charge in [-0.05, 0) is 24.3 Å². The second kappa shape index (κ2) is 8.57. The number of nitrogens with zero attached hydrogens (tertiary/aromatic N) is 3. The molecule has 0 fully saturated rings. The fourth-order valence-electron chi connectivity index (χ4n) is 2.93. The predicted octanol–water partition coefficient (Wildman–Crippen LogP) is 5.13. The van der Waals surface area contributed by atoms with Crippen molar-refractivity contribution in [3.8, 4) is 0 Å². The van der Waals surface area contributed by atoms with Gasteiger partial charge in [-0.2, -0.15) is 5.10 Å². The van der Waals surface area contributed by atoms with Crippen molar-refractivity contribution in [1.82, 2.24) is 9.78 Å². The largest absolute Gasteiger partial charge is 0.382 e. The molecule has 0 saturated carbocycles. The van der Waals surface area contributed by atoms with E-state index in [1.807, 2.05) is 24.3 Å². The third kappa shape index (κ3) is 4.63. The standard InChI is InChI=1S/C20H15BrCl2N4O2/c21-13-4-1-3-12(9-13)17-10-18(29-26-17)20(28)24-19-7-8-27(25-19)11-14-15(22)5-2-6-16(14)23/h1-9,18H,10-11H2,(H,24,25,28). The molecule has 2 heterocycles. The summed E-state index contributed by atoms with van der Waals surface area (Å²) in [6.07, 6.45) is 1.43. The van der Waals surface area contributed by atoms with E-state index in [1.54, 1.807) is 35.1 Å². The van der Waals surface area contributed by atoms with E-state index in [-0.39, 0.29) is 5.91 Å². The normalized spacial score (nSPS) is 15.7. The maximum atomic E-state index is 12.5. The average molecular weight is 494 g/mol. The van der Waals surface area contributed by atoms with Crippen molar-refractivity contribution in [1.29, 1.82) is 0 Å². The van der Waals surface area contributed by atoms with Crippen molar-refractivity contribution in [3.63, 3.8) is 0 Å². The number of hydrogen-bond acceptors (Lipinski definition) is 4. The van der Waals surface area contributed by atoms with Gasteiger partial charge in [-0.3, -0.25) is 9.48 Å². The molecule has 0 radical (unpaired) electrons. The summed E-state index contributed by atoms with van der Waals surface area (Å²) in [4.78, 5) is 17.8. The number of halogens is 3. The molecule has 1 aliphatic rings. The zero-order valence-electron chi connectivity index (χ0n) is 15.0. The first-order valence-electron chi connectivity index (χ1n) is 8.75. The van der Waals surface area contributed by atoms with E-state index >= 15 is 0 Å². The van der Waals surface area contributed by atoms with Crippen LogP contribution in [-0.2, 0) is 16.2 Å². The molecule has 1 unspecified atom stereocenters. The van der Waals surface area contributed by atoms with Crippen molar-refractivity contribution in [2.75, 3.05) is 5.32 Å². The van der Waals surface area contributed by atoms with Crippen LogP contribution in [0.25, 0.3) is 0 Å². The van der Waals surface area contributed by atoms with Gasteiger partial charge in [0.2, 0.25) is 6.10 Å². The Labute approximate surface area is 185 Å². The number of carbonyl (C=O) groups excluding carboxylic acids is 1. The van der Waals surface area contributed by atoms with Gasteiger partial charge in [0.15, 0.2) is 5.82 Å². The minimum atomic E-state index is -0.702. The van der Waals surface area contributed by atoms with E-state index in [2.05, 4.69) is 31.5 Å². The van der Waals surface area contributed by atoms with Gasteiger partial charge < -0.3 is 10.2 Å². The van der Waals surface area contributed by atoms with E-state index in [4.69, 9.17) is 28.0 Å². The van der Waals surface area contributed by atoms with Crippen molar-refractivity contribution < 1.29 is 9.63 Å². The van der Waals surface area contributed by atoms with Crippen molar-refractivity contribution >= 4 is 56.6 Å². The first kappa shape index (κ1) is 19.9. The Morgan fingerprint density at radius 3 is 2.72 bits per heavy atom. The maximum absolute atomic E-state index is 12.5. The van der Waals surface area contributed by atoms with E-state index in [1.165, 1.54) is 0 Å². The molecule has 1 N–H and O–H groups in total. The third-order valence-corrected chi connectivity index (χ3v) is 5.59. The van der Waals surface area contributed by atoms with Gasteiger partial charge in [0.1, 0.15) is 0 Å². The summed E-state index contributed by atoms with van der Waals surface area (Å²) in [5, 5.41) is 12.3. The summed E-state index contributed by atoms with van der Waals surface area (Å²) in [7, 11) is 0. The lowest BCUT2D eigenvalue weighted by atomic mass is 10.0. The number of oxime groups is 1. The van der Waals surface area contributed by atoms with Crippen molar-refractivity contribution in [3.05, 3.63) is 80.4 Å². The molecule has 1 aromatic heterocycles. The van der Waals surface area contributed by atoms with Crippen LogP contribution in [0.4, 0.5) is 5.82 Å². The quantitative estimate of drug-likeness (QED) is 0.535. The molecule has 3 aromatic rings. The van der Waals surface area contributed by atoms with Gasteiger partial charge in [0.25, 0.3) is 5.91 Å². The molecule has 9 heteroatoms. The summed E-state index contributed by atoms with van der Waals surface area (Å²) in [6.45, 7) is 0.393. The van der Waals surface area contributed by atoms with Crippen LogP contribution in [0.2, 0.25) is 10.0 Å². The summed E-state index contributed by atoms with van der Waals surface area (Å²) in [5.41, 5.74) is 2.41. The Bertz CT molecular complexity index is 1080. The summed E-state index contributed by atoms with van der Waals surface area (Å²) < 4.78 is 2.59. The highest BCUT2D eigenvalue weighted by Crippen LogP contribution is 2.25. The third-order valence-electron chi connectivity index (χ3n) is 4.39. The molecule has 0 spiro atoms. The van der Waals surface area contributed by atoms with Crippen LogP contribution in [0.3, 0.4) is 0 Å². The monoisotopic (exact) mass is 492 g/mol. The molecule has 0 aliphatic carbocycles. The highest BCUT2D eigenvalue weighted by molar-refractivity contribution is 9.10. The number of rotatable bonds is 5. The Morgan fingerprint density at radius 2 is 1.97 bits per heavy atom. The van der Waals surface area contributed by atoms with Gasteiger partial charge >= 0.3 is 0 Å². The van der Waals surface area contributed by atoms with Crippen LogP contribution in [0.1, 0.15) is 17.5 Å². The first-order chi connectivity index (χ1) is 14.0. The molecule has 1 amide bonds. The smallest absolute Gasteiger partial charge is 0.269 e. The fraction of sp³-hybridized carbons (Fsp3) is 0.150. The van der Waals surface area contributed by atoms with Crippen LogP contribution < -0.4 is 5.32 Å². The van der Waals surface area contributed by atoms with Gasteiger partial charge in [-0.15, -0.1) is 0 Å². The number of carbonyl (C=O) groups is 1. The van der Waals surface area contributed by atoms with Crippen LogP contribution >= 0.6 is 39.1 Å². The Balaban J connectivity index is 1.38. The number of nitrogens with one attached hydrogen (secondary N) is 1. The Kier molecular flexibility index (Phi) is 5.89. The minimum Gasteiger partial charge on any atom is -0.382 e. The van der Waals surface area contributed by atoms with Gasteiger partial charge in [-0.25, -0.2) is 0 Å². The molecule has 29 heavy (non-hydrogen) atoms. The lowest BCUT2D eigenvalue weighted by molar-refractivity contribution is -0.125. The first-order valence-corrected chi connectivity index (χ1v) is 10.3. The zero-order valence-corrected chi connectivity index (χ0v) is 18.1. The molecule has 1 atom stereocenters. The maximum Gasteiger partial charge on any atom is 0.269 e. The topological polar surface area (TPSA) is 68.5 Å². The molecule has 6 nitrogen and oxygen atoms in total. The van der Waals surface area contributed by atoms with Gasteiger partial charge in [0, 0.05) is 44.3 Å². The predicted molar refractivity (Wildman–Crippen MR) is 117 cm³/mol. The second-order valence-corrected chi connectivity index (χ2v) is 8.16. The molecular formula is C20H15BrCl2N4O2. The van der Waals surface area contributed by atoms with Crippen molar-refractivity contribution in [2.24, 2.45) is 5.16 Å². The van der Waals surface area contributed by atoms with E-state index < -0.39 is 6.10 Å². The highest BCUT2D eigenvalue weighted by Gasteiger charge is 2.29. The number of amides is 1. The molecule has 0 bridgehead atoms. The SMILES string of the molecule is O=C(Nc1ccn(Cc2c(Cl)cccc2Cl)n1)C1CC(c2cccc(Br)c2)=NO1. The Hall–Kier alpha value is -2.35. The van der Waals surface area contributed by atoms with E-state index in [0.717, 1.165) is 21.3 Å². The molecule has 4 rings (SSSR count). The summed E-state index contributed by atoms with van der Waals surface area (Å²) in [5.74, 6) is 0.109. The number of benzene rings is 2.